The number of hydrogen-bond acceptors (Lipinski definition) is 5. The summed E-state index contributed by atoms with van der Waals surface area (Å²) >= 11 is 6.38. The van der Waals surface area contributed by atoms with E-state index in [1.54, 1.807) is 5.38 Å². The van der Waals surface area contributed by atoms with Crippen molar-refractivity contribution in [2.75, 3.05) is 10.6 Å². The molecule has 1 heterocycles. The molecule has 2 aromatic carbocycles. The first-order valence-corrected chi connectivity index (χ1v) is 8.93. The zero-order valence-electron chi connectivity index (χ0n) is 13.9. The van der Waals surface area contributed by atoms with Crippen LogP contribution in [0.1, 0.15) is 10.4 Å². The van der Waals surface area contributed by atoms with Crippen LogP contribution >= 0.6 is 23.6 Å². The minimum absolute atomic E-state index is 0.159. The average Bonchev–Trinajstić information content (AvgIpc) is 3.09. The maximum Gasteiger partial charge on any atom is 0.339 e. The number of nitrogens with zero attached hydrogens (tertiary/aromatic N) is 2. The summed E-state index contributed by atoms with van der Waals surface area (Å²) in [5, 5.41) is 26.5. The molecule has 0 fully saturated rings. The van der Waals surface area contributed by atoms with Crippen LogP contribution in [0.2, 0.25) is 0 Å². The summed E-state index contributed by atoms with van der Waals surface area (Å²) in [6.07, 6.45) is 0. The first-order valence-electron chi connectivity index (χ1n) is 7.64. The molecule has 0 aliphatic carbocycles. The summed E-state index contributed by atoms with van der Waals surface area (Å²) in [4.78, 5) is 18.4. The van der Waals surface area contributed by atoms with Crippen molar-refractivity contribution in [3.63, 3.8) is 0 Å². The van der Waals surface area contributed by atoms with E-state index in [4.69, 9.17) is 23.9 Å². The Morgan fingerprint density at radius 2 is 2.04 bits per heavy atom. The van der Waals surface area contributed by atoms with Gasteiger partial charge in [0.05, 0.1) is 12.3 Å². The number of rotatable bonds is 4. The number of hydrogen-bond donors (Lipinski definition) is 4. The third-order valence-electron chi connectivity index (χ3n) is 3.57. The molecule has 3 rings (SSSR count). The third-order valence-corrected chi connectivity index (χ3v) is 4.53. The van der Waals surface area contributed by atoms with Gasteiger partial charge in [0.2, 0.25) is 0 Å². The van der Waals surface area contributed by atoms with Gasteiger partial charge in [0.15, 0.2) is 15.9 Å². The molecule has 28 heavy (non-hydrogen) atoms. The van der Waals surface area contributed by atoms with E-state index < -0.39 is 17.5 Å². The Bertz CT molecular complexity index is 1120. The standard InChI is InChI=1S/C18H11FN4O3S2/c1-20-9-2-4-11(13(19)6-9)14-8-28-18(22-14)23-17(27)21-10-3-5-12(16(25)26)15(24)7-10/h2-8,24H,(H,25,26)(H2,21,22,23,27). The molecule has 7 nitrogen and oxygen atoms in total. The van der Waals surface area contributed by atoms with Crippen LogP contribution in [0.3, 0.4) is 0 Å². The molecule has 4 N–H and O–H groups in total. The van der Waals surface area contributed by atoms with Gasteiger partial charge in [-0.15, -0.1) is 11.3 Å². The molecule has 1 aromatic heterocycles. The molecule has 0 aliphatic rings. The predicted octanol–water partition coefficient (Wildman–Crippen LogP) is 4.71. The molecule has 0 atom stereocenters. The first-order chi connectivity index (χ1) is 13.4. The number of carbonyl (C=O) groups is 1. The van der Waals surface area contributed by atoms with Gasteiger partial charge in [0.25, 0.3) is 0 Å². The van der Waals surface area contributed by atoms with E-state index in [1.165, 1.54) is 41.7 Å². The fraction of sp³-hybridized carbons (Fsp3) is 0. The minimum Gasteiger partial charge on any atom is -0.507 e. The molecule has 0 saturated heterocycles. The summed E-state index contributed by atoms with van der Waals surface area (Å²) in [7, 11) is 0. The fourth-order valence-electron chi connectivity index (χ4n) is 2.29. The number of aromatic nitrogens is 1. The maximum absolute atomic E-state index is 14.1. The minimum atomic E-state index is -1.24. The van der Waals surface area contributed by atoms with Gasteiger partial charge in [-0.2, -0.15) is 0 Å². The molecule has 0 aliphatic heterocycles. The monoisotopic (exact) mass is 414 g/mol. The second-order valence-electron chi connectivity index (χ2n) is 5.43. The zero-order valence-corrected chi connectivity index (χ0v) is 15.6. The number of aromatic carboxylic acids is 1. The van der Waals surface area contributed by atoms with E-state index in [0.717, 1.165) is 6.07 Å². The van der Waals surface area contributed by atoms with Gasteiger partial charge in [-0.25, -0.2) is 19.0 Å². The Morgan fingerprint density at radius 3 is 2.68 bits per heavy atom. The summed E-state index contributed by atoms with van der Waals surface area (Å²) in [5.74, 6) is -2.17. The lowest BCUT2D eigenvalue weighted by Gasteiger charge is -2.09. The van der Waals surface area contributed by atoms with Gasteiger partial charge in [-0.3, -0.25) is 0 Å². The van der Waals surface area contributed by atoms with E-state index in [2.05, 4.69) is 20.5 Å². The van der Waals surface area contributed by atoms with Crippen LogP contribution in [0.25, 0.3) is 16.1 Å². The Kier molecular flexibility index (Phi) is 5.49. The van der Waals surface area contributed by atoms with Gasteiger partial charge in [-0.05, 0) is 30.4 Å². The van der Waals surface area contributed by atoms with E-state index in [-0.39, 0.29) is 21.9 Å². The topological polar surface area (TPSA) is 98.8 Å². The quantitative estimate of drug-likeness (QED) is 0.362. The van der Waals surface area contributed by atoms with Crippen molar-refractivity contribution in [3.05, 3.63) is 64.6 Å². The second-order valence-corrected chi connectivity index (χ2v) is 6.70. The van der Waals surface area contributed by atoms with E-state index in [9.17, 15) is 14.3 Å². The molecule has 0 amide bonds. The number of halogens is 1. The molecule has 0 saturated carbocycles. The normalized spacial score (nSPS) is 10.1. The lowest BCUT2D eigenvalue weighted by Crippen LogP contribution is -2.19. The second kappa shape index (κ2) is 7.99. The molecule has 140 valence electrons. The number of aromatic hydroxyl groups is 1. The van der Waals surface area contributed by atoms with Gasteiger partial charge in [0.1, 0.15) is 17.1 Å². The fourth-order valence-corrected chi connectivity index (χ4v) is 3.28. The van der Waals surface area contributed by atoms with Crippen molar-refractivity contribution in [2.45, 2.75) is 0 Å². The number of thiazole rings is 1. The van der Waals surface area contributed by atoms with Crippen LogP contribution < -0.4 is 10.6 Å². The van der Waals surface area contributed by atoms with Crippen molar-refractivity contribution in [2.24, 2.45) is 0 Å². The van der Waals surface area contributed by atoms with Crippen molar-refractivity contribution in [3.8, 4) is 17.0 Å². The Labute approximate surface area is 167 Å². The number of carboxylic acid groups (broad SMARTS) is 1. The average molecular weight is 414 g/mol. The van der Waals surface area contributed by atoms with Gasteiger partial charge in [0, 0.05) is 22.7 Å². The smallest absolute Gasteiger partial charge is 0.339 e. The van der Waals surface area contributed by atoms with Crippen molar-refractivity contribution < 1.29 is 19.4 Å². The molecule has 0 radical (unpaired) electrons. The molecule has 0 bridgehead atoms. The first kappa shape index (κ1) is 19.2. The van der Waals surface area contributed by atoms with Gasteiger partial charge in [-0.1, -0.05) is 12.1 Å². The van der Waals surface area contributed by atoms with Gasteiger partial charge >= 0.3 is 5.97 Å². The highest BCUT2D eigenvalue weighted by Crippen LogP contribution is 2.29. The molecule has 0 spiro atoms. The summed E-state index contributed by atoms with van der Waals surface area (Å²) in [5.41, 5.74) is 1.03. The van der Waals surface area contributed by atoms with Crippen LogP contribution in [-0.4, -0.2) is 26.3 Å². The summed E-state index contributed by atoms with van der Waals surface area (Å²) in [6.45, 7) is 6.90. The lowest BCUT2D eigenvalue weighted by atomic mass is 10.1. The molecule has 0 unspecified atom stereocenters. The molecule has 10 heteroatoms. The molecule has 3 aromatic rings. The van der Waals surface area contributed by atoms with Crippen molar-refractivity contribution >= 4 is 51.1 Å². The van der Waals surface area contributed by atoms with E-state index in [1.807, 2.05) is 0 Å². The number of carboxylic acids is 1. The highest BCUT2D eigenvalue weighted by Gasteiger charge is 2.12. The molecular weight excluding hydrogens is 403 g/mol. The number of anilines is 2. The van der Waals surface area contributed by atoms with Crippen molar-refractivity contribution in [1.29, 1.82) is 0 Å². The van der Waals surface area contributed by atoms with Crippen LogP contribution in [-0.2, 0) is 0 Å². The van der Waals surface area contributed by atoms with Gasteiger partial charge < -0.3 is 20.8 Å². The summed E-state index contributed by atoms with van der Waals surface area (Å²) in [6, 6.07) is 8.09. The Hall–Kier alpha value is -3.55. The van der Waals surface area contributed by atoms with Crippen LogP contribution in [0, 0.1) is 12.4 Å². The highest BCUT2D eigenvalue weighted by molar-refractivity contribution is 7.80. The van der Waals surface area contributed by atoms with Crippen molar-refractivity contribution in [1.82, 2.24) is 4.98 Å². The highest BCUT2D eigenvalue weighted by atomic mass is 32.1. The van der Waals surface area contributed by atoms with E-state index >= 15 is 0 Å². The maximum atomic E-state index is 14.1. The molecular formula is C18H11FN4O3S2. The van der Waals surface area contributed by atoms with E-state index in [0.29, 0.717) is 16.5 Å². The van der Waals surface area contributed by atoms with Crippen LogP contribution in [0.4, 0.5) is 20.9 Å². The largest absolute Gasteiger partial charge is 0.507 e. The zero-order chi connectivity index (χ0) is 20.3. The number of nitrogens with one attached hydrogen (secondary N) is 2. The summed E-state index contributed by atoms with van der Waals surface area (Å²) < 4.78 is 14.1. The SMILES string of the molecule is [C-]#[N+]c1ccc(-c2csc(NC(=S)Nc3ccc(C(=O)O)c(O)c3)n2)c(F)c1. The predicted molar refractivity (Wildman–Crippen MR) is 109 cm³/mol. The Balaban J connectivity index is 1.70. The third kappa shape index (κ3) is 4.22. The number of thiocarbonyl (C=S) groups is 1. The van der Waals surface area contributed by atoms with Crippen LogP contribution in [0.15, 0.2) is 41.8 Å². The number of benzene rings is 2. The lowest BCUT2D eigenvalue weighted by molar-refractivity contribution is 0.0694. The Morgan fingerprint density at radius 1 is 1.25 bits per heavy atom. The van der Waals surface area contributed by atoms with Crippen LogP contribution in [0.5, 0.6) is 5.75 Å². The number of phenols is 1.